The van der Waals surface area contributed by atoms with Crippen molar-refractivity contribution in [2.75, 3.05) is 0 Å². The van der Waals surface area contributed by atoms with Crippen LogP contribution in [0.4, 0.5) is 4.39 Å². The van der Waals surface area contributed by atoms with Gasteiger partial charge in [-0.3, -0.25) is 4.79 Å². The zero-order valence-electron chi connectivity index (χ0n) is 10.4. The number of nitrogens with zero attached hydrogens (tertiary/aromatic N) is 1. The lowest BCUT2D eigenvalue weighted by molar-refractivity contribution is 0.451. The monoisotopic (exact) mass is 326 g/mol. The first-order valence-electron chi connectivity index (χ1n) is 5.70. The lowest BCUT2D eigenvalue weighted by Crippen LogP contribution is -2.12. The van der Waals surface area contributed by atoms with Crippen molar-refractivity contribution < 1.29 is 9.13 Å². The molecule has 0 bridgehead atoms. The molecule has 0 spiro atoms. The summed E-state index contributed by atoms with van der Waals surface area (Å²) in [6.07, 6.45) is 0. The highest BCUT2D eigenvalue weighted by Gasteiger charge is 2.09. The van der Waals surface area contributed by atoms with Gasteiger partial charge in [0.25, 0.3) is 5.56 Å². The van der Waals surface area contributed by atoms with E-state index in [1.54, 1.807) is 0 Å². The molecule has 0 aliphatic carbocycles. The number of hydrogen-bond donors (Lipinski definition) is 1. The van der Waals surface area contributed by atoms with E-state index in [1.807, 2.05) is 13.8 Å². The summed E-state index contributed by atoms with van der Waals surface area (Å²) in [5.41, 5.74) is -0.285. The van der Waals surface area contributed by atoms with Gasteiger partial charge in [-0.25, -0.2) is 4.39 Å². The number of aromatic nitrogens is 2. The maximum Gasteiger partial charge on any atom is 0.254 e. The van der Waals surface area contributed by atoms with Gasteiger partial charge in [-0.2, -0.15) is 4.98 Å². The fourth-order valence-electron chi connectivity index (χ4n) is 1.45. The van der Waals surface area contributed by atoms with Crippen LogP contribution in [0.3, 0.4) is 0 Å². The first-order valence-corrected chi connectivity index (χ1v) is 6.49. The summed E-state index contributed by atoms with van der Waals surface area (Å²) in [5, 5.41) is 0. The summed E-state index contributed by atoms with van der Waals surface area (Å²) in [6, 6.07) is 5.28. The van der Waals surface area contributed by atoms with Crippen LogP contribution in [0.5, 0.6) is 11.6 Å². The molecule has 1 heterocycles. The first kappa shape index (κ1) is 13.7. The molecule has 2 aromatic rings. The van der Waals surface area contributed by atoms with E-state index in [4.69, 9.17) is 4.74 Å². The number of hydrogen-bond acceptors (Lipinski definition) is 3. The van der Waals surface area contributed by atoms with Crippen molar-refractivity contribution in [1.29, 1.82) is 0 Å². The highest BCUT2D eigenvalue weighted by molar-refractivity contribution is 9.10. The number of rotatable bonds is 3. The van der Waals surface area contributed by atoms with Crippen LogP contribution in [0.15, 0.2) is 33.5 Å². The van der Waals surface area contributed by atoms with Crippen LogP contribution >= 0.6 is 15.9 Å². The minimum atomic E-state index is -0.374. The van der Waals surface area contributed by atoms with Crippen LogP contribution in [0, 0.1) is 5.82 Å². The maximum atomic E-state index is 13.0. The SMILES string of the molecule is CC(C)c1nc(Oc2ccc(F)cc2Br)cc(=O)[nH]1. The molecule has 0 unspecified atom stereocenters. The van der Waals surface area contributed by atoms with E-state index >= 15 is 0 Å². The molecule has 100 valence electrons. The Morgan fingerprint density at radius 2 is 2.11 bits per heavy atom. The molecule has 1 aromatic carbocycles. The average Bonchev–Trinajstić information content (AvgIpc) is 2.32. The first-order chi connectivity index (χ1) is 8.95. The van der Waals surface area contributed by atoms with E-state index in [1.165, 1.54) is 24.3 Å². The average molecular weight is 327 g/mol. The van der Waals surface area contributed by atoms with Crippen LogP contribution in [0.25, 0.3) is 0 Å². The van der Waals surface area contributed by atoms with E-state index in [2.05, 4.69) is 25.9 Å². The Kier molecular flexibility index (Phi) is 3.99. The molecule has 19 heavy (non-hydrogen) atoms. The van der Waals surface area contributed by atoms with Crippen LogP contribution in [-0.2, 0) is 0 Å². The number of ether oxygens (including phenoxy) is 1. The van der Waals surface area contributed by atoms with Gasteiger partial charge >= 0.3 is 0 Å². The zero-order valence-corrected chi connectivity index (χ0v) is 12.0. The second kappa shape index (κ2) is 5.52. The lowest BCUT2D eigenvalue weighted by Gasteiger charge is -2.09. The van der Waals surface area contributed by atoms with Crippen LogP contribution in [-0.4, -0.2) is 9.97 Å². The minimum absolute atomic E-state index is 0.0768. The Morgan fingerprint density at radius 1 is 1.37 bits per heavy atom. The summed E-state index contributed by atoms with van der Waals surface area (Å²) in [4.78, 5) is 18.3. The molecule has 0 amide bonds. The van der Waals surface area contributed by atoms with Crippen molar-refractivity contribution in [3.05, 3.63) is 50.7 Å². The van der Waals surface area contributed by atoms with Crippen LogP contribution in [0.1, 0.15) is 25.6 Å². The predicted molar refractivity (Wildman–Crippen MR) is 73.1 cm³/mol. The fourth-order valence-corrected chi connectivity index (χ4v) is 1.88. The number of benzene rings is 1. The van der Waals surface area contributed by atoms with Gasteiger partial charge in [0.05, 0.1) is 10.5 Å². The van der Waals surface area contributed by atoms with E-state index in [0.29, 0.717) is 16.0 Å². The van der Waals surface area contributed by atoms with Gasteiger partial charge in [-0.05, 0) is 34.1 Å². The molecule has 0 aliphatic rings. The Hall–Kier alpha value is -1.69. The van der Waals surface area contributed by atoms with Crippen molar-refractivity contribution in [2.45, 2.75) is 19.8 Å². The Labute approximate surface area is 117 Å². The quantitative estimate of drug-likeness (QED) is 0.937. The van der Waals surface area contributed by atoms with Crippen LogP contribution < -0.4 is 10.3 Å². The van der Waals surface area contributed by atoms with Gasteiger partial charge in [-0.1, -0.05) is 13.8 Å². The highest BCUT2D eigenvalue weighted by atomic mass is 79.9. The molecule has 0 saturated heterocycles. The smallest absolute Gasteiger partial charge is 0.254 e. The van der Waals surface area contributed by atoms with Gasteiger partial charge in [0.2, 0.25) is 5.88 Å². The van der Waals surface area contributed by atoms with Gasteiger partial charge in [0.15, 0.2) is 0 Å². The Balaban J connectivity index is 2.35. The van der Waals surface area contributed by atoms with Crippen molar-refractivity contribution in [1.82, 2.24) is 9.97 Å². The minimum Gasteiger partial charge on any atom is -0.438 e. The number of halogens is 2. The third-order valence-corrected chi connectivity index (χ3v) is 3.01. The number of H-pyrrole nitrogens is 1. The molecule has 0 aliphatic heterocycles. The summed E-state index contributed by atoms with van der Waals surface area (Å²) < 4.78 is 18.9. The molecule has 0 fully saturated rings. The number of nitrogens with one attached hydrogen (secondary N) is 1. The third-order valence-electron chi connectivity index (χ3n) is 2.39. The molecule has 0 atom stereocenters. The second-order valence-electron chi connectivity index (χ2n) is 4.30. The molecule has 0 radical (unpaired) electrons. The summed E-state index contributed by atoms with van der Waals surface area (Å²) in [7, 11) is 0. The maximum absolute atomic E-state index is 13.0. The molecule has 1 aromatic heterocycles. The summed E-state index contributed by atoms with van der Waals surface area (Å²) in [5.74, 6) is 0.823. The summed E-state index contributed by atoms with van der Waals surface area (Å²) >= 11 is 3.19. The van der Waals surface area contributed by atoms with E-state index in [9.17, 15) is 9.18 Å². The largest absolute Gasteiger partial charge is 0.438 e. The predicted octanol–water partition coefficient (Wildman–Crippen LogP) is 3.59. The van der Waals surface area contributed by atoms with Crippen molar-refractivity contribution in [3.63, 3.8) is 0 Å². The third kappa shape index (κ3) is 3.41. The fraction of sp³-hybridized carbons (Fsp3) is 0.231. The van der Waals surface area contributed by atoms with Crippen molar-refractivity contribution in [3.8, 4) is 11.6 Å². The molecule has 2 rings (SSSR count). The van der Waals surface area contributed by atoms with Crippen molar-refractivity contribution >= 4 is 15.9 Å². The molecule has 6 heteroatoms. The van der Waals surface area contributed by atoms with E-state index in [-0.39, 0.29) is 23.2 Å². The van der Waals surface area contributed by atoms with Gasteiger partial charge < -0.3 is 9.72 Å². The lowest BCUT2D eigenvalue weighted by atomic mass is 10.2. The van der Waals surface area contributed by atoms with Gasteiger partial charge in [0.1, 0.15) is 17.4 Å². The molecule has 0 saturated carbocycles. The zero-order chi connectivity index (χ0) is 14.0. The normalized spacial score (nSPS) is 10.8. The molecule has 1 N–H and O–H groups in total. The molecular formula is C13H12BrFN2O2. The summed E-state index contributed by atoms with van der Waals surface area (Å²) in [6.45, 7) is 3.83. The van der Waals surface area contributed by atoms with Gasteiger partial charge in [0, 0.05) is 5.92 Å². The van der Waals surface area contributed by atoms with Gasteiger partial charge in [-0.15, -0.1) is 0 Å². The Bertz CT molecular complexity index is 655. The standard InChI is InChI=1S/C13H12BrFN2O2/c1-7(2)13-16-11(18)6-12(17-13)19-10-4-3-8(15)5-9(10)14/h3-7H,1-2H3,(H,16,17,18). The molecular weight excluding hydrogens is 315 g/mol. The highest BCUT2D eigenvalue weighted by Crippen LogP contribution is 2.29. The number of aromatic amines is 1. The topological polar surface area (TPSA) is 55.0 Å². The van der Waals surface area contributed by atoms with Crippen LogP contribution in [0.2, 0.25) is 0 Å². The van der Waals surface area contributed by atoms with E-state index in [0.717, 1.165) is 0 Å². The van der Waals surface area contributed by atoms with Crippen molar-refractivity contribution in [2.24, 2.45) is 0 Å². The second-order valence-corrected chi connectivity index (χ2v) is 5.15. The van der Waals surface area contributed by atoms with E-state index < -0.39 is 0 Å². The molecule has 4 nitrogen and oxygen atoms in total. The Morgan fingerprint density at radius 3 is 2.74 bits per heavy atom.